The molecule has 0 N–H and O–H groups in total. The van der Waals surface area contributed by atoms with Crippen molar-refractivity contribution in [3.63, 3.8) is 0 Å². The molecule has 0 saturated heterocycles. The van der Waals surface area contributed by atoms with E-state index >= 15 is 0 Å². The Morgan fingerprint density at radius 2 is 0.970 bits per heavy atom. The first-order valence-electron chi connectivity index (χ1n) is 11.2. The second-order valence-electron chi connectivity index (χ2n) is 7.89. The Balaban J connectivity index is 1.61. The van der Waals surface area contributed by atoms with E-state index in [1.54, 1.807) is 0 Å². The fraction of sp³-hybridized carbons (Fsp3) is 0. The summed E-state index contributed by atoms with van der Waals surface area (Å²) in [5.74, 6) is 0. The third-order valence-electron chi connectivity index (χ3n) is 5.64. The molecule has 0 amide bonds. The van der Waals surface area contributed by atoms with Crippen LogP contribution in [0.1, 0.15) is 11.1 Å². The van der Waals surface area contributed by atoms with E-state index in [1.165, 1.54) is 16.7 Å². The summed E-state index contributed by atoms with van der Waals surface area (Å²) < 4.78 is 0. The van der Waals surface area contributed by atoms with Crippen LogP contribution in [0.5, 0.6) is 0 Å². The van der Waals surface area contributed by atoms with Crippen LogP contribution in [0.15, 0.2) is 140 Å². The lowest BCUT2D eigenvalue weighted by Gasteiger charge is -2.28. The summed E-state index contributed by atoms with van der Waals surface area (Å²) in [5.41, 5.74) is 8.16. The van der Waals surface area contributed by atoms with Crippen molar-refractivity contribution in [1.29, 1.82) is 0 Å². The maximum atomic E-state index is 2.34. The van der Waals surface area contributed by atoms with Gasteiger partial charge < -0.3 is 4.90 Å². The third kappa shape index (κ3) is 4.78. The lowest BCUT2D eigenvalue weighted by molar-refractivity contribution is 1.28. The molecule has 0 aliphatic rings. The van der Waals surface area contributed by atoms with E-state index in [2.05, 4.69) is 151 Å². The van der Waals surface area contributed by atoms with Gasteiger partial charge in [-0.2, -0.15) is 0 Å². The van der Waals surface area contributed by atoms with Crippen LogP contribution in [-0.2, 0) is 0 Å². The zero-order chi connectivity index (χ0) is 22.3. The Kier molecular flexibility index (Phi) is 6.13. The minimum absolute atomic E-state index is 1.12. The van der Waals surface area contributed by atoms with Crippen LogP contribution in [0.3, 0.4) is 0 Å². The van der Waals surface area contributed by atoms with Gasteiger partial charge in [-0.15, -0.1) is 0 Å². The summed E-state index contributed by atoms with van der Waals surface area (Å²) in [5, 5.41) is 0. The molecule has 0 aliphatic carbocycles. The quantitative estimate of drug-likeness (QED) is 0.246. The van der Waals surface area contributed by atoms with Gasteiger partial charge in [0.25, 0.3) is 0 Å². The van der Waals surface area contributed by atoms with Gasteiger partial charge in [0.1, 0.15) is 0 Å². The van der Waals surface area contributed by atoms with Crippen LogP contribution in [0.4, 0.5) is 17.1 Å². The zero-order valence-corrected chi connectivity index (χ0v) is 18.4. The molecule has 33 heavy (non-hydrogen) atoms. The molecule has 5 aromatic carbocycles. The van der Waals surface area contributed by atoms with Gasteiger partial charge in [0, 0.05) is 16.9 Å². The van der Waals surface area contributed by atoms with E-state index < -0.39 is 0 Å². The van der Waals surface area contributed by atoms with Crippen LogP contribution in [0.2, 0.25) is 0 Å². The van der Waals surface area contributed by atoms with Gasteiger partial charge in [-0.3, -0.25) is 0 Å². The van der Waals surface area contributed by atoms with Crippen molar-refractivity contribution in [3.8, 4) is 11.1 Å². The van der Waals surface area contributed by atoms with E-state index in [9.17, 15) is 0 Å². The van der Waals surface area contributed by atoms with E-state index in [-0.39, 0.29) is 0 Å². The van der Waals surface area contributed by atoms with E-state index in [0.717, 1.165) is 22.6 Å². The van der Waals surface area contributed by atoms with Crippen LogP contribution >= 0.6 is 0 Å². The molecular formula is C32H25N. The average Bonchev–Trinajstić information content (AvgIpc) is 2.90. The van der Waals surface area contributed by atoms with Crippen LogP contribution < -0.4 is 4.90 Å². The van der Waals surface area contributed by atoms with Crippen LogP contribution in [0, 0.1) is 0 Å². The molecule has 0 aliphatic heterocycles. The minimum Gasteiger partial charge on any atom is -0.310 e. The summed E-state index contributed by atoms with van der Waals surface area (Å²) in [7, 11) is 0. The Hall–Kier alpha value is -4.36. The number of anilines is 3. The number of para-hydroxylation sites is 2. The van der Waals surface area contributed by atoms with Gasteiger partial charge >= 0.3 is 0 Å². The van der Waals surface area contributed by atoms with Crippen molar-refractivity contribution in [2.24, 2.45) is 0 Å². The summed E-state index contributed by atoms with van der Waals surface area (Å²) in [6.45, 7) is 0. The Bertz CT molecular complexity index is 1340. The second kappa shape index (κ2) is 9.84. The van der Waals surface area contributed by atoms with Crippen molar-refractivity contribution in [1.82, 2.24) is 0 Å². The zero-order valence-electron chi connectivity index (χ0n) is 18.4. The van der Waals surface area contributed by atoms with Crippen molar-refractivity contribution in [2.75, 3.05) is 4.90 Å². The van der Waals surface area contributed by atoms with Crippen LogP contribution in [0.25, 0.3) is 23.3 Å². The number of hydrogen-bond donors (Lipinski definition) is 0. The molecule has 0 spiro atoms. The molecule has 5 aromatic rings. The predicted molar refractivity (Wildman–Crippen MR) is 142 cm³/mol. The molecular weight excluding hydrogens is 398 g/mol. The van der Waals surface area contributed by atoms with Gasteiger partial charge in [0.15, 0.2) is 0 Å². The summed E-state index contributed by atoms with van der Waals surface area (Å²) in [6, 6.07) is 48.8. The molecule has 1 nitrogen and oxygen atoms in total. The molecule has 158 valence electrons. The molecule has 0 radical (unpaired) electrons. The Labute approximate surface area is 195 Å². The maximum absolute atomic E-state index is 2.34. The van der Waals surface area contributed by atoms with E-state index in [4.69, 9.17) is 0 Å². The minimum atomic E-state index is 1.12. The summed E-state index contributed by atoms with van der Waals surface area (Å²) in [4.78, 5) is 2.34. The first-order valence-corrected chi connectivity index (χ1v) is 11.2. The fourth-order valence-electron chi connectivity index (χ4n) is 4.06. The molecule has 0 bridgehead atoms. The number of rotatable bonds is 6. The van der Waals surface area contributed by atoms with Crippen molar-refractivity contribution >= 4 is 29.2 Å². The molecule has 0 fully saturated rings. The molecule has 0 heterocycles. The number of nitrogens with zero attached hydrogens (tertiary/aromatic N) is 1. The van der Waals surface area contributed by atoms with Gasteiger partial charge in [0.2, 0.25) is 0 Å². The van der Waals surface area contributed by atoms with Crippen molar-refractivity contribution < 1.29 is 0 Å². The number of hydrogen-bond acceptors (Lipinski definition) is 1. The molecule has 0 unspecified atom stereocenters. The van der Waals surface area contributed by atoms with Gasteiger partial charge in [-0.25, -0.2) is 0 Å². The highest BCUT2D eigenvalue weighted by Gasteiger charge is 2.16. The van der Waals surface area contributed by atoms with E-state index in [1.807, 2.05) is 6.07 Å². The fourth-order valence-corrected chi connectivity index (χ4v) is 4.06. The SMILES string of the molecule is C(=Cc1cccc(N(c2ccccc2)c2ccccc2-c2ccccc2)c1)c1ccccc1. The topological polar surface area (TPSA) is 3.24 Å². The average molecular weight is 424 g/mol. The maximum Gasteiger partial charge on any atom is 0.0540 e. The van der Waals surface area contributed by atoms with E-state index in [0.29, 0.717) is 0 Å². The highest BCUT2D eigenvalue weighted by Crippen LogP contribution is 2.40. The standard InChI is InChI=1S/C32H25N/c1-4-13-26(14-5-1)23-24-27-15-12-20-30(25-27)33(29-18-8-3-9-19-29)32-22-11-10-21-31(32)28-16-6-2-7-17-28/h1-25H. The molecule has 0 aromatic heterocycles. The van der Waals surface area contributed by atoms with Crippen molar-refractivity contribution in [2.45, 2.75) is 0 Å². The molecule has 1 heteroatoms. The summed E-state index contributed by atoms with van der Waals surface area (Å²) >= 11 is 0. The monoisotopic (exact) mass is 423 g/mol. The van der Waals surface area contributed by atoms with Gasteiger partial charge in [0.05, 0.1) is 5.69 Å². The van der Waals surface area contributed by atoms with Gasteiger partial charge in [-0.05, 0) is 47.0 Å². The lowest BCUT2D eigenvalue weighted by atomic mass is 10.0. The third-order valence-corrected chi connectivity index (χ3v) is 5.64. The predicted octanol–water partition coefficient (Wildman–Crippen LogP) is 8.99. The lowest BCUT2D eigenvalue weighted by Crippen LogP contribution is -2.11. The normalized spacial score (nSPS) is 10.9. The second-order valence-corrected chi connectivity index (χ2v) is 7.89. The first kappa shape index (κ1) is 20.5. The van der Waals surface area contributed by atoms with Crippen LogP contribution in [-0.4, -0.2) is 0 Å². The molecule has 5 rings (SSSR count). The Morgan fingerprint density at radius 1 is 0.424 bits per heavy atom. The Morgan fingerprint density at radius 3 is 1.73 bits per heavy atom. The molecule has 0 atom stereocenters. The highest BCUT2D eigenvalue weighted by atomic mass is 15.1. The highest BCUT2D eigenvalue weighted by molar-refractivity contribution is 5.88. The number of benzene rings is 5. The molecule has 0 saturated carbocycles. The first-order chi connectivity index (χ1) is 16.4. The van der Waals surface area contributed by atoms with Crippen molar-refractivity contribution in [3.05, 3.63) is 151 Å². The summed E-state index contributed by atoms with van der Waals surface area (Å²) in [6.07, 6.45) is 4.33. The smallest absolute Gasteiger partial charge is 0.0540 e. The largest absolute Gasteiger partial charge is 0.310 e. The van der Waals surface area contributed by atoms with Gasteiger partial charge in [-0.1, -0.05) is 121 Å².